The third-order valence-corrected chi connectivity index (χ3v) is 2.41. The normalized spacial score (nSPS) is 9.95. The third kappa shape index (κ3) is 6.40. The molecule has 1 aromatic rings. The van der Waals surface area contributed by atoms with Gasteiger partial charge in [-0.3, -0.25) is 14.9 Å². The lowest BCUT2D eigenvalue weighted by Gasteiger charge is -2.05. The highest BCUT2D eigenvalue weighted by Gasteiger charge is 2.03. The van der Waals surface area contributed by atoms with Crippen LogP contribution < -0.4 is 4.74 Å². The smallest absolute Gasteiger partial charge is 0.302 e. The van der Waals surface area contributed by atoms with E-state index in [9.17, 15) is 14.9 Å². The number of nitro benzene ring substituents is 1. The molecule has 1 rings (SSSR count). The molecule has 0 spiro atoms. The summed E-state index contributed by atoms with van der Waals surface area (Å²) in [5.74, 6) is 0.354. The van der Waals surface area contributed by atoms with Gasteiger partial charge < -0.3 is 9.47 Å². The summed E-state index contributed by atoms with van der Waals surface area (Å²) in [4.78, 5) is 20.5. The molecule has 0 aromatic heterocycles. The number of carbonyl (C=O) groups excluding carboxylic acids is 1. The Morgan fingerprint density at radius 1 is 1.16 bits per heavy atom. The number of hydrogen-bond donors (Lipinski definition) is 0. The number of ether oxygens (including phenoxy) is 2. The molecular formula is C13H17NO5. The molecule has 0 fully saturated rings. The van der Waals surface area contributed by atoms with Gasteiger partial charge in [0.05, 0.1) is 18.1 Å². The van der Waals surface area contributed by atoms with Crippen molar-refractivity contribution in [3.8, 4) is 5.75 Å². The standard InChI is InChI=1S/C13H17NO5/c1-11(15)18-9-3-2-4-10-19-13-7-5-12(6-8-13)14(16)17/h5-8H,2-4,9-10H2,1H3. The molecule has 19 heavy (non-hydrogen) atoms. The van der Waals surface area contributed by atoms with Crippen LogP contribution in [0.15, 0.2) is 24.3 Å². The molecule has 0 atom stereocenters. The van der Waals surface area contributed by atoms with Crippen molar-refractivity contribution in [2.24, 2.45) is 0 Å². The number of nitrogens with zero attached hydrogens (tertiary/aromatic N) is 1. The summed E-state index contributed by atoms with van der Waals surface area (Å²) in [6, 6.07) is 5.99. The second-order valence-electron chi connectivity index (χ2n) is 4.00. The van der Waals surface area contributed by atoms with E-state index in [2.05, 4.69) is 0 Å². The first-order chi connectivity index (χ1) is 9.09. The number of unbranched alkanes of at least 4 members (excludes halogenated alkanes) is 2. The molecule has 104 valence electrons. The van der Waals surface area contributed by atoms with E-state index in [4.69, 9.17) is 9.47 Å². The highest BCUT2D eigenvalue weighted by atomic mass is 16.6. The first-order valence-corrected chi connectivity index (χ1v) is 6.10. The minimum Gasteiger partial charge on any atom is -0.494 e. The molecule has 0 aliphatic rings. The second-order valence-corrected chi connectivity index (χ2v) is 4.00. The lowest BCUT2D eigenvalue weighted by molar-refractivity contribution is -0.384. The first-order valence-electron chi connectivity index (χ1n) is 6.10. The monoisotopic (exact) mass is 267 g/mol. The fourth-order valence-corrected chi connectivity index (χ4v) is 1.45. The number of hydrogen-bond acceptors (Lipinski definition) is 5. The molecule has 0 bridgehead atoms. The van der Waals surface area contributed by atoms with Crippen LogP contribution in [0.5, 0.6) is 5.75 Å². The minimum absolute atomic E-state index is 0.0498. The van der Waals surface area contributed by atoms with Gasteiger partial charge in [0.25, 0.3) is 5.69 Å². The predicted molar refractivity (Wildman–Crippen MR) is 69.1 cm³/mol. The Labute approximate surface area is 111 Å². The maximum absolute atomic E-state index is 10.5. The molecule has 0 heterocycles. The zero-order valence-corrected chi connectivity index (χ0v) is 10.8. The SMILES string of the molecule is CC(=O)OCCCCCOc1ccc([N+](=O)[O-])cc1. The van der Waals surface area contributed by atoms with Gasteiger partial charge in [0.1, 0.15) is 5.75 Å². The summed E-state index contributed by atoms with van der Waals surface area (Å²) in [6.07, 6.45) is 2.56. The van der Waals surface area contributed by atoms with E-state index < -0.39 is 4.92 Å². The van der Waals surface area contributed by atoms with Gasteiger partial charge >= 0.3 is 5.97 Å². The molecule has 0 N–H and O–H groups in total. The van der Waals surface area contributed by atoms with Gasteiger partial charge in [-0.15, -0.1) is 0 Å². The highest BCUT2D eigenvalue weighted by Crippen LogP contribution is 2.17. The number of nitro groups is 1. The van der Waals surface area contributed by atoms with Crippen LogP contribution in [-0.2, 0) is 9.53 Å². The first kappa shape index (κ1) is 14.9. The van der Waals surface area contributed by atoms with Crippen molar-refractivity contribution < 1.29 is 19.2 Å². The largest absolute Gasteiger partial charge is 0.494 e. The van der Waals surface area contributed by atoms with E-state index in [1.54, 1.807) is 12.1 Å². The Morgan fingerprint density at radius 2 is 1.79 bits per heavy atom. The molecular weight excluding hydrogens is 250 g/mol. The Bertz CT molecular complexity index is 416. The lowest BCUT2D eigenvalue weighted by atomic mass is 10.2. The fraction of sp³-hybridized carbons (Fsp3) is 0.462. The molecule has 0 aliphatic heterocycles. The van der Waals surface area contributed by atoms with E-state index in [1.165, 1.54) is 19.1 Å². The van der Waals surface area contributed by atoms with Crippen molar-refractivity contribution in [1.29, 1.82) is 0 Å². The lowest BCUT2D eigenvalue weighted by Crippen LogP contribution is -2.02. The highest BCUT2D eigenvalue weighted by molar-refractivity contribution is 5.65. The van der Waals surface area contributed by atoms with Gasteiger partial charge in [-0.2, -0.15) is 0 Å². The third-order valence-electron chi connectivity index (χ3n) is 2.41. The fourth-order valence-electron chi connectivity index (χ4n) is 1.45. The zero-order valence-electron chi connectivity index (χ0n) is 10.8. The van der Waals surface area contributed by atoms with E-state index in [0.717, 1.165) is 19.3 Å². The van der Waals surface area contributed by atoms with Crippen LogP contribution in [0.1, 0.15) is 26.2 Å². The average molecular weight is 267 g/mol. The number of non-ortho nitro benzene ring substituents is 1. The minimum atomic E-state index is -0.446. The van der Waals surface area contributed by atoms with Gasteiger partial charge in [0, 0.05) is 19.1 Å². The molecule has 0 amide bonds. The number of rotatable bonds is 8. The molecule has 0 aliphatic carbocycles. The van der Waals surface area contributed by atoms with Crippen LogP contribution in [-0.4, -0.2) is 24.1 Å². The van der Waals surface area contributed by atoms with Gasteiger partial charge in [0.15, 0.2) is 0 Å². The number of esters is 1. The summed E-state index contributed by atoms with van der Waals surface area (Å²) < 4.78 is 10.2. The van der Waals surface area contributed by atoms with Gasteiger partial charge in [-0.25, -0.2) is 0 Å². The van der Waals surface area contributed by atoms with E-state index in [1.807, 2.05) is 0 Å². The van der Waals surface area contributed by atoms with Crippen molar-refractivity contribution in [1.82, 2.24) is 0 Å². The molecule has 6 heteroatoms. The van der Waals surface area contributed by atoms with Crippen LogP contribution in [0, 0.1) is 10.1 Å². The summed E-state index contributed by atoms with van der Waals surface area (Å²) >= 11 is 0. The Kier molecular flexibility index (Phi) is 6.35. The zero-order chi connectivity index (χ0) is 14.1. The summed E-state index contributed by atoms with van der Waals surface area (Å²) in [7, 11) is 0. The van der Waals surface area contributed by atoms with Crippen LogP contribution in [0.3, 0.4) is 0 Å². The van der Waals surface area contributed by atoms with E-state index in [0.29, 0.717) is 19.0 Å². The molecule has 0 saturated heterocycles. The van der Waals surface area contributed by atoms with E-state index in [-0.39, 0.29) is 11.7 Å². The van der Waals surface area contributed by atoms with Crippen molar-refractivity contribution in [3.05, 3.63) is 34.4 Å². The van der Waals surface area contributed by atoms with Crippen molar-refractivity contribution >= 4 is 11.7 Å². The molecule has 0 saturated carbocycles. The maximum Gasteiger partial charge on any atom is 0.302 e. The Hall–Kier alpha value is -2.11. The Morgan fingerprint density at radius 3 is 2.37 bits per heavy atom. The number of benzene rings is 1. The molecule has 0 unspecified atom stereocenters. The number of carbonyl (C=O) groups is 1. The topological polar surface area (TPSA) is 78.7 Å². The summed E-state index contributed by atoms with van der Waals surface area (Å²) in [6.45, 7) is 2.36. The van der Waals surface area contributed by atoms with Crippen molar-refractivity contribution in [3.63, 3.8) is 0 Å². The second kappa shape index (κ2) is 8.07. The predicted octanol–water partition coefficient (Wildman–Crippen LogP) is 2.71. The average Bonchev–Trinajstić information content (AvgIpc) is 2.38. The van der Waals surface area contributed by atoms with Gasteiger partial charge in [0.2, 0.25) is 0 Å². The van der Waals surface area contributed by atoms with Crippen molar-refractivity contribution in [2.75, 3.05) is 13.2 Å². The van der Waals surface area contributed by atoms with Gasteiger partial charge in [-0.05, 0) is 31.4 Å². The summed E-state index contributed by atoms with van der Waals surface area (Å²) in [5.41, 5.74) is 0.0498. The summed E-state index contributed by atoms with van der Waals surface area (Å²) in [5, 5.41) is 10.4. The maximum atomic E-state index is 10.5. The van der Waals surface area contributed by atoms with Crippen LogP contribution in [0.4, 0.5) is 5.69 Å². The van der Waals surface area contributed by atoms with Crippen LogP contribution >= 0.6 is 0 Å². The quantitative estimate of drug-likeness (QED) is 0.313. The van der Waals surface area contributed by atoms with Crippen LogP contribution in [0.25, 0.3) is 0 Å². The van der Waals surface area contributed by atoms with E-state index >= 15 is 0 Å². The molecule has 6 nitrogen and oxygen atoms in total. The molecule has 0 radical (unpaired) electrons. The van der Waals surface area contributed by atoms with Gasteiger partial charge in [-0.1, -0.05) is 0 Å². The molecule has 1 aromatic carbocycles. The van der Waals surface area contributed by atoms with Crippen LogP contribution in [0.2, 0.25) is 0 Å². The van der Waals surface area contributed by atoms with Crippen molar-refractivity contribution in [2.45, 2.75) is 26.2 Å². The Balaban J connectivity index is 2.12.